The molecule has 0 bridgehead atoms. The minimum Gasteiger partial charge on any atom is -0.357 e. The molecule has 0 unspecified atom stereocenters. The van der Waals surface area contributed by atoms with E-state index in [9.17, 15) is 0 Å². The van der Waals surface area contributed by atoms with Crippen LogP contribution in [0.2, 0.25) is 0 Å². The van der Waals surface area contributed by atoms with Gasteiger partial charge in [-0.15, -0.1) is 10.2 Å². The van der Waals surface area contributed by atoms with E-state index in [2.05, 4.69) is 51.2 Å². The first-order chi connectivity index (χ1) is 11.7. The monoisotopic (exact) mass is 335 g/mol. The minimum absolute atomic E-state index is 0.825. The lowest BCUT2D eigenvalue weighted by molar-refractivity contribution is 0.214. The predicted molar refractivity (Wildman–Crippen MR) is 98.2 cm³/mol. The van der Waals surface area contributed by atoms with E-state index in [1.165, 1.54) is 32.4 Å². The lowest BCUT2D eigenvalue weighted by atomic mass is 9.94. The molecule has 2 N–H and O–H groups in total. The second kappa shape index (κ2) is 10.3. The van der Waals surface area contributed by atoms with E-state index in [4.69, 9.17) is 4.99 Å². The molecule has 1 fully saturated rings. The van der Waals surface area contributed by atoms with Gasteiger partial charge in [-0.25, -0.2) is 0 Å². The van der Waals surface area contributed by atoms with Crippen molar-refractivity contribution in [2.45, 2.75) is 46.1 Å². The zero-order valence-corrected chi connectivity index (χ0v) is 15.5. The Morgan fingerprint density at radius 1 is 1.29 bits per heavy atom. The number of likely N-dealkylation sites (tertiary alicyclic amines) is 1. The number of aliphatic imine (C=N–C) groups is 1. The predicted octanol–water partition coefficient (Wildman–Crippen LogP) is 1.13. The van der Waals surface area contributed by atoms with Crippen LogP contribution >= 0.6 is 0 Å². The number of nitrogens with zero attached hydrogens (tertiary/aromatic N) is 5. The van der Waals surface area contributed by atoms with Crippen LogP contribution < -0.4 is 10.6 Å². The highest BCUT2D eigenvalue weighted by Gasteiger charge is 2.15. The number of piperidine rings is 1. The minimum atomic E-state index is 0.825. The fourth-order valence-electron chi connectivity index (χ4n) is 3.09. The second-order valence-corrected chi connectivity index (χ2v) is 6.52. The van der Waals surface area contributed by atoms with E-state index in [-0.39, 0.29) is 0 Å². The van der Waals surface area contributed by atoms with Gasteiger partial charge in [-0.1, -0.05) is 6.92 Å². The van der Waals surface area contributed by atoms with E-state index < -0.39 is 0 Å². The molecule has 0 spiro atoms. The van der Waals surface area contributed by atoms with Crippen LogP contribution in [-0.4, -0.2) is 65.4 Å². The third kappa shape index (κ3) is 6.11. The SMILES string of the molecule is CCNC(=NCCC1CCN(C)CC1)NCCn1cnnc1CC. The average molecular weight is 336 g/mol. The number of hydrogen-bond acceptors (Lipinski definition) is 4. The Balaban J connectivity index is 1.72. The van der Waals surface area contributed by atoms with Crippen molar-refractivity contribution in [3.05, 3.63) is 12.2 Å². The molecule has 1 aromatic rings. The summed E-state index contributed by atoms with van der Waals surface area (Å²) >= 11 is 0. The summed E-state index contributed by atoms with van der Waals surface area (Å²) < 4.78 is 2.09. The molecule has 136 valence electrons. The molecule has 0 amide bonds. The molecule has 0 radical (unpaired) electrons. The van der Waals surface area contributed by atoms with Gasteiger partial charge in [0.15, 0.2) is 5.96 Å². The molecule has 2 rings (SSSR count). The first kappa shape index (κ1) is 18.7. The summed E-state index contributed by atoms with van der Waals surface area (Å²) in [6, 6.07) is 0. The van der Waals surface area contributed by atoms with Crippen LogP contribution in [0.25, 0.3) is 0 Å². The van der Waals surface area contributed by atoms with E-state index in [0.717, 1.165) is 50.3 Å². The number of guanidine groups is 1. The third-order valence-electron chi connectivity index (χ3n) is 4.65. The molecule has 7 nitrogen and oxygen atoms in total. The van der Waals surface area contributed by atoms with Crippen molar-refractivity contribution in [1.82, 2.24) is 30.3 Å². The standard InChI is InChI=1S/C17H33N7/c1-4-16-22-21-14-24(16)13-10-20-17(18-5-2)19-9-6-15-7-11-23(3)12-8-15/h14-15H,4-13H2,1-3H3,(H2,18,19,20). The van der Waals surface area contributed by atoms with Gasteiger partial charge in [0.1, 0.15) is 12.2 Å². The molecule has 0 aromatic carbocycles. The number of hydrogen-bond donors (Lipinski definition) is 2. The van der Waals surface area contributed by atoms with E-state index >= 15 is 0 Å². The van der Waals surface area contributed by atoms with Crippen molar-refractivity contribution < 1.29 is 0 Å². The van der Waals surface area contributed by atoms with Crippen LogP contribution in [0.5, 0.6) is 0 Å². The molecule has 0 aliphatic carbocycles. The summed E-state index contributed by atoms with van der Waals surface area (Å²) in [5.41, 5.74) is 0. The molecule has 1 saturated heterocycles. The first-order valence-corrected chi connectivity index (χ1v) is 9.30. The summed E-state index contributed by atoms with van der Waals surface area (Å²) in [5, 5.41) is 14.8. The maximum atomic E-state index is 4.73. The van der Waals surface area contributed by atoms with Crippen molar-refractivity contribution >= 4 is 5.96 Å². The Morgan fingerprint density at radius 2 is 2.08 bits per heavy atom. The number of nitrogens with one attached hydrogen (secondary N) is 2. The molecular formula is C17H33N7. The molecule has 24 heavy (non-hydrogen) atoms. The molecule has 7 heteroatoms. The van der Waals surface area contributed by atoms with Gasteiger partial charge >= 0.3 is 0 Å². The van der Waals surface area contributed by atoms with Crippen molar-refractivity contribution in [2.24, 2.45) is 10.9 Å². The molecular weight excluding hydrogens is 302 g/mol. The Morgan fingerprint density at radius 3 is 2.79 bits per heavy atom. The van der Waals surface area contributed by atoms with Gasteiger partial charge in [0.25, 0.3) is 0 Å². The van der Waals surface area contributed by atoms with E-state index in [1.807, 2.05) is 0 Å². The van der Waals surface area contributed by atoms with Crippen LogP contribution in [0.15, 0.2) is 11.3 Å². The van der Waals surface area contributed by atoms with Gasteiger partial charge < -0.3 is 20.1 Å². The molecule has 0 saturated carbocycles. The third-order valence-corrected chi connectivity index (χ3v) is 4.65. The van der Waals surface area contributed by atoms with Crippen molar-refractivity contribution in [3.63, 3.8) is 0 Å². The van der Waals surface area contributed by atoms with E-state index in [1.54, 1.807) is 6.33 Å². The van der Waals surface area contributed by atoms with Crippen molar-refractivity contribution in [1.29, 1.82) is 0 Å². The summed E-state index contributed by atoms with van der Waals surface area (Å²) in [6.45, 7) is 10.1. The Bertz CT molecular complexity index is 489. The zero-order valence-electron chi connectivity index (χ0n) is 15.5. The fraction of sp³-hybridized carbons (Fsp3) is 0.824. The number of rotatable bonds is 8. The maximum Gasteiger partial charge on any atom is 0.191 e. The van der Waals surface area contributed by atoms with Gasteiger partial charge in [-0.05, 0) is 52.2 Å². The highest BCUT2D eigenvalue weighted by Crippen LogP contribution is 2.19. The Labute approximate surface area is 145 Å². The van der Waals surface area contributed by atoms with Crippen LogP contribution in [0, 0.1) is 5.92 Å². The lowest BCUT2D eigenvalue weighted by Gasteiger charge is -2.28. The van der Waals surface area contributed by atoms with Crippen LogP contribution in [0.1, 0.15) is 38.9 Å². The number of aromatic nitrogens is 3. The summed E-state index contributed by atoms with van der Waals surface area (Å²) in [7, 11) is 2.21. The quantitative estimate of drug-likeness (QED) is 0.550. The normalized spacial score (nSPS) is 17.2. The van der Waals surface area contributed by atoms with Crippen LogP contribution in [-0.2, 0) is 13.0 Å². The van der Waals surface area contributed by atoms with E-state index in [0.29, 0.717) is 0 Å². The maximum absolute atomic E-state index is 4.73. The summed E-state index contributed by atoms with van der Waals surface area (Å²) in [6.07, 6.45) is 6.51. The highest BCUT2D eigenvalue weighted by molar-refractivity contribution is 5.79. The van der Waals surface area contributed by atoms with Crippen LogP contribution in [0.4, 0.5) is 0 Å². The van der Waals surface area contributed by atoms with Gasteiger partial charge in [0, 0.05) is 32.6 Å². The highest BCUT2D eigenvalue weighted by atomic mass is 15.3. The van der Waals surface area contributed by atoms with Crippen molar-refractivity contribution in [2.75, 3.05) is 39.8 Å². The topological polar surface area (TPSA) is 70.4 Å². The molecule has 2 heterocycles. The lowest BCUT2D eigenvalue weighted by Crippen LogP contribution is -2.39. The summed E-state index contributed by atoms with van der Waals surface area (Å²) in [4.78, 5) is 7.15. The van der Waals surface area contributed by atoms with Crippen molar-refractivity contribution in [3.8, 4) is 0 Å². The van der Waals surface area contributed by atoms with Crippen LogP contribution in [0.3, 0.4) is 0 Å². The Kier molecular flexibility index (Phi) is 8.01. The molecule has 1 aliphatic heterocycles. The zero-order chi connectivity index (χ0) is 17.2. The Hall–Kier alpha value is -1.63. The molecule has 1 aromatic heterocycles. The smallest absolute Gasteiger partial charge is 0.191 e. The number of aryl methyl sites for hydroxylation is 1. The molecule has 1 aliphatic rings. The van der Waals surface area contributed by atoms with Gasteiger partial charge in [-0.3, -0.25) is 4.99 Å². The largest absolute Gasteiger partial charge is 0.357 e. The average Bonchev–Trinajstić information content (AvgIpc) is 3.04. The van der Waals surface area contributed by atoms with Gasteiger partial charge in [0.2, 0.25) is 0 Å². The van der Waals surface area contributed by atoms with Gasteiger partial charge in [-0.2, -0.15) is 0 Å². The summed E-state index contributed by atoms with van der Waals surface area (Å²) in [5.74, 6) is 2.77. The fourth-order valence-corrected chi connectivity index (χ4v) is 3.09. The van der Waals surface area contributed by atoms with Gasteiger partial charge in [0.05, 0.1) is 0 Å². The molecule has 0 atom stereocenters. The first-order valence-electron chi connectivity index (χ1n) is 9.30. The second-order valence-electron chi connectivity index (χ2n) is 6.52.